The first-order valence-electron chi connectivity index (χ1n) is 9.13. The van der Waals surface area contributed by atoms with Crippen LogP contribution in [-0.2, 0) is 17.5 Å². The van der Waals surface area contributed by atoms with E-state index in [0.29, 0.717) is 44.1 Å². The molecule has 0 aliphatic carbocycles. The molecule has 0 bridgehead atoms. The monoisotopic (exact) mass is 485 g/mol. The molecule has 1 fully saturated rings. The molecule has 0 radical (unpaired) electrons. The average molecular weight is 486 g/mol. The molecule has 0 amide bonds. The zero-order valence-electron chi connectivity index (χ0n) is 15.5. The Labute approximate surface area is 177 Å². The van der Waals surface area contributed by atoms with Gasteiger partial charge in [-0.15, -0.1) is 0 Å². The Morgan fingerprint density at radius 3 is 2.60 bits per heavy atom. The highest BCUT2D eigenvalue weighted by atomic mass is 79.9. The number of halogens is 5. The number of rotatable bonds is 4. The first-order valence-corrected chi connectivity index (χ1v) is 9.92. The van der Waals surface area contributed by atoms with Crippen molar-refractivity contribution < 1.29 is 27.1 Å². The summed E-state index contributed by atoms with van der Waals surface area (Å²) in [7, 11) is 0. The van der Waals surface area contributed by atoms with Gasteiger partial charge in [0.15, 0.2) is 5.82 Å². The fourth-order valence-electron chi connectivity index (χ4n) is 3.46. The van der Waals surface area contributed by atoms with E-state index in [2.05, 4.69) is 25.8 Å². The fourth-order valence-corrected chi connectivity index (χ4v) is 3.99. The van der Waals surface area contributed by atoms with Crippen molar-refractivity contribution in [2.24, 2.45) is 0 Å². The summed E-state index contributed by atoms with van der Waals surface area (Å²) >= 11 is 2.71. The minimum atomic E-state index is -4.95. The Morgan fingerprint density at radius 1 is 1.17 bits per heavy atom. The molecule has 158 valence electrons. The summed E-state index contributed by atoms with van der Waals surface area (Å²) in [5.74, 6) is -2.67. The first-order chi connectivity index (χ1) is 14.3. The van der Waals surface area contributed by atoms with Crippen LogP contribution in [0.5, 0.6) is 0 Å². The number of hydrogen-bond acceptors (Lipinski definition) is 4. The van der Waals surface area contributed by atoms with Gasteiger partial charge in [0.1, 0.15) is 11.4 Å². The maximum atomic E-state index is 14.7. The van der Waals surface area contributed by atoms with Gasteiger partial charge in [-0.3, -0.25) is 14.1 Å². The minimum Gasteiger partial charge on any atom is -0.379 e. The van der Waals surface area contributed by atoms with Crippen molar-refractivity contribution in [1.82, 2.24) is 14.3 Å². The molecule has 3 aromatic rings. The minimum absolute atomic E-state index is 0.136. The lowest BCUT2D eigenvalue weighted by molar-refractivity contribution is -0.140. The molecule has 0 spiro atoms. The highest BCUT2D eigenvalue weighted by Gasteiger charge is 2.39. The molecule has 0 N–H and O–H groups in total. The van der Waals surface area contributed by atoms with Gasteiger partial charge >= 0.3 is 6.18 Å². The van der Waals surface area contributed by atoms with Crippen molar-refractivity contribution in [1.29, 1.82) is 0 Å². The van der Waals surface area contributed by atoms with Gasteiger partial charge in [0.05, 0.1) is 30.0 Å². The molecule has 0 saturated carbocycles. The molecular weight excluding hydrogens is 470 g/mol. The van der Waals surface area contributed by atoms with Crippen molar-refractivity contribution in [2.45, 2.75) is 12.7 Å². The molecule has 1 aliphatic heterocycles. The van der Waals surface area contributed by atoms with Crippen LogP contribution >= 0.6 is 15.9 Å². The lowest BCUT2D eigenvalue weighted by Gasteiger charge is -2.25. The van der Waals surface area contributed by atoms with Crippen LogP contribution in [0.2, 0.25) is 0 Å². The molecule has 1 saturated heterocycles. The summed E-state index contributed by atoms with van der Waals surface area (Å²) in [5.41, 5.74) is -0.961. The summed E-state index contributed by atoms with van der Waals surface area (Å²) in [6, 6.07) is 7.25. The van der Waals surface area contributed by atoms with Gasteiger partial charge in [-0.25, -0.2) is 9.37 Å². The predicted molar refractivity (Wildman–Crippen MR) is 104 cm³/mol. The van der Waals surface area contributed by atoms with Crippen LogP contribution in [-0.4, -0.2) is 46.4 Å². The van der Waals surface area contributed by atoms with Crippen molar-refractivity contribution in [3.63, 3.8) is 0 Å². The second-order valence-electron chi connectivity index (χ2n) is 6.84. The van der Waals surface area contributed by atoms with E-state index in [1.165, 1.54) is 4.40 Å². The molecule has 3 heterocycles. The van der Waals surface area contributed by atoms with Crippen LogP contribution in [0.4, 0.5) is 17.6 Å². The van der Waals surface area contributed by atoms with Gasteiger partial charge in [-0.2, -0.15) is 13.2 Å². The number of carbonyl (C=O) groups excluding carboxylic acids is 1. The van der Waals surface area contributed by atoms with E-state index in [1.54, 1.807) is 24.4 Å². The van der Waals surface area contributed by atoms with Crippen molar-refractivity contribution in [3.05, 3.63) is 69.5 Å². The second kappa shape index (κ2) is 8.09. The van der Waals surface area contributed by atoms with Crippen LogP contribution < -0.4 is 0 Å². The number of hydrogen-bond donors (Lipinski definition) is 0. The average Bonchev–Trinajstić information content (AvgIpc) is 3.06. The maximum Gasteiger partial charge on any atom is 0.420 e. The third-order valence-electron chi connectivity index (χ3n) is 4.92. The molecule has 2 aromatic heterocycles. The van der Waals surface area contributed by atoms with Crippen LogP contribution in [0.3, 0.4) is 0 Å². The highest BCUT2D eigenvalue weighted by molar-refractivity contribution is 9.10. The Bertz CT molecular complexity index is 1110. The molecule has 5 nitrogen and oxygen atoms in total. The zero-order chi connectivity index (χ0) is 21.5. The Balaban J connectivity index is 1.78. The lowest BCUT2D eigenvalue weighted by atomic mass is 10.0. The third kappa shape index (κ3) is 3.86. The SMILES string of the molecule is O=C(c1ccc(Br)c(C(F)(F)F)c1F)c1nc(CN2CCOCC2)c2ccccn12. The van der Waals surface area contributed by atoms with Gasteiger partial charge in [0, 0.05) is 30.3 Å². The maximum absolute atomic E-state index is 14.7. The summed E-state index contributed by atoms with van der Waals surface area (Å²) in [5, 5.41) is 0. The number of ether oxygens (including phenoxy) is 1. The van der Waals surface area contributed by atoms with Crippen LogP contribution in [0.1, 0.15) is 27.4 Å². The quantitative estimate of drug-likeness (QED) is 0.408. The summed E-state index contributed by atoms with van der Waals surface area (Å²) in [4.78, 5) is 19.5. The van der Waals surface area contributed by atoms with Gasteiger partial charge in [-0.1, -0.05) is 22.0 Å². The van der Waals surface area contributed by atoms with Gasteiger partial charge in [0.25, 0.3) is 0 Å². The second-order valence-corrected chi connectivity index (χ2v) is 7.69. The van der Waals surface area contributed by atoms with Crippen molar-refractivity contribution in [3.8, 4) is 0 Å². The predicted octanol–water partition coefficient (Wildman–Crippen LogP) is 4.32. The molecule has 30 heavy (non-hydrogen) atoms. The molecule has 1 aliphatic rings. The molecular formula is C20H16BrF4N3O2. The number of ketones is 1. The van der Waals surface area contributed by atoms with E-state index in [-0.39, 0.29) is 5.82 Å². The normalized spacial score (nSPS) is 15.6. The van der Waals surface area contributed by atoms with Crippen molar-refractivity contribution in [2.75, 3.05) is 26.3 Å². The first kappa shape index (κ1) is 21.0. The standard InChI is InChI=1S/C20H16BrF4N3O2/c21-13-5-4-12(17(22)16(13)20(23,24)25)18(29)19-26-14(11-27-7-9-30-10-8-27)15-3-1-2-6-28(15)19/h1-6H,7-11H2. The molecule has 0 atom stereocenters. The van der Waals surface area contributed by atoms with Gasteiger partial charge < -0.3 is 4.74 Å². The van der Waals surface area contributed by atoms with Gasteiger partial charge in [0.2, 0.25) is 5.78 Å². The third-order valence-corrected chi connectivity index (χ3v) is 5.58. The van der Waals surface area contributed by atoms with E-state index in [4.69, 9.17) is 4.74 Å². The fraction of sp³-hybridized carbons (Fsp3) is 0.300. The number of imidazole rings is 1. The largest absolute Gasteiger partial charge is 0.420 e. The Hall–Kier alpha value is -2.30. The summed E-state index contributed by atoms with van der Waals surface area (Å²) in [6.07, 6.45) is -3.37. The molecule has 10 heteroatoms. The van der Waals surface area contributed by atoms with E-state index >= 15 is 0 Å². The van der Waals surface area contributed by atoms with Gasteiger partial charge in [-0.05, 0) is 24.3 Å². The number of carbonyl (C=O) groups is 1. The molecule has 0 unspecified atom stereocenters. The highest BCUT2D eigenvalue weighted by Crippen LogP contribution is 2.38. The summed E-state index contributed by atoms with van der Waals surface area (Å²) in [6.45, 7) is 3.02. The number of nitrogens with zero attached hydrogens (tertiary/aromatic N) is 3. The Morgan fingerprint density at radius 2 is 1.90 bits per heavy atom. The number of benzene rings is 1. The topological polar surface area (TPSA) is 46.8 Å². The summed E-state index contributed by atoms with van der Waals surface area (Å²) < 4.78 is 60.8. The van der Waals surface area contributed by atoms with Crippen molar-refractivity contribution >= 4 is 27.2 Å². The Kier molecular flexibility index (Phi) is 5.65. The smallest absolute Gasteiger partial charge is 0.379 e. The number of fused-ring (bicyclic) bond motifs is 1. The van der Waals surface area contributed by atoms with E-state index in [1.807, 2.05) is 0 Å². The lowest BCUT2D eigenvalue weighted by Crippen LogP contribution is -2.35. The van der Waals surface area contributed by atoms with E-state index in [0.717, 1.165) is 12.1 Å². The van der Waals surface area contributed by atoms with E-state index in [9.17, 15) is 22.4 Å². The van der Waals surface area contributed by atoms with E-state index < -0.39 is 33.4 Å². The zero-order valence-corrected chi connectivity index (χ0v) is 17.1. The van der Waals surface area contributed by atoms with Crippen LogP contribution in [0, 0.1) is 5.82 Å². The number of alkyl halides is 3. The number of morpholine rings is 1. The van der Waals surface area contributed by atoms with Crippen LogP contribution in [0.15, 0.2) is 41.0 Å². The molecule has 1 aromatic carbocycles. The van der Waals surface area contributed by atoms with Crippen LogP contribution in [0.25, 0.3) is 5.52 Å². The number of pyridine rings is 1. The molecule has 4 rings (SSSR count). The number of aromatic nitrogens is 2.